The number of benzene rings is 1. The normalized spacial score (nSPS) is 26.1. The van der Waals surface area contributed by atoms with Gasteiger partial charge in [0.1, 0.15) is 17.4 Å². The number of anilines is 1. The number of pyridine rings is 1. The number of primary amides is 1. The van der Waals surface area contributed by atoms with Crippen LogP contribution in [0.3, 0.4) is 0 Å². The van der Waals surface area contributed by atoms with Crippen molar-refractivity contribution in [2.45, 2.75) is 18.5 Å². The molecule has 6 rings (SSSR count). The quantitative estimate of drug-likeness (QED) is 0.298. The second-order valence-corrected chi connectivity index (χ2v) is 10.4. The van der Waals surface area contributed by atoms with E-state index in [1.807, 2.05) is 6.07 Å². The van der Waals surface area contributed by atoms with Crippen molar-refractivity contribution in [3.63, 3.8) is 0 Å². The van der Waals surface area contributed by atoms with Crippen LogP contribution in [-0.2, 0) is 9.59 Å². The van der Waals surface area contributed by atoms with Crippen molar-refractivity contribution in [2.75, 3.05) is 25.0 Å². The van der Waals surface area contributed by atoms with Crippen molar-refractivity contribution >= 4 is 46.2 Å². The highest BCUT2D eigenvalue weighted by atomic mass is 35.5. The zero-order chi connectivity index (χ0) is 26.6. The number of allylic oxidation sites excluding steroid dienone is 1. The van der Waals surface area contributed by atoms with Gasteiger partial charge in [-0.05, 0) is 30.4 Å². The van der Waals surface area contributed by atoms with Crippen LogP contribution in [0.4, 0.5) is 5.69 Å². The van der Waals surface area contributed by atoms with E-state index in [0.717, 1.165) is 6.42 Å². The topological polar surface area (TPSA) is 166 Å². The molecule has 1 saturated heterocycles. The first-order valence-electron chi connectivity index (χ1n) is 12.4. The summed E-state index contributed by atoms with van der Waals surface area (Å²) in [4.78, 5) is 50.5. The van der Waals surface area contributed by atoms with Gasteiger partial charge in [-0.1, -0.05) is 35.9 Å². The molecule has 2 fully saturated rings. The average Bonchev–Trinajstić information content (AvgIpc) is 3.65. The summed E-state index contributed by atoms with van der Waals surface area (Å²) in [5.41, 5.74) is 8.45. The first kappa shape index (κ1) is 24.4. The van der Waals surface area contributed by atoms with E-state index in [-0.39, 0.29) is 42.2 Å². The Morgan fingerprint density at radius 3 is 2.82 bits per heavy atom. The van der Waals surface area contributed by atoms with Crippen LogP contribution >= 0.6 is 11.6 Å². The maximum absolute atomic E-state index is 13.2. The van der Waals surface area contributed by atoms with E-state index in [2.05, 4.69) is 37.7 Å². The number of imidazole rings is 1. The summed E-state index contributed by atoms with van der Waals surface area (Å²) in [7, 11) is 0. The molecule has 2 amide bonds. The smallest absolute Gasteiger partial charge is 0.322 e. The lowest BCUT2D eigenvalue weighted by Gasteiger charge is -2.31. The van der Waals surface area contributed by atoms with Gasteiger partial charge in [0.25, 0.3) is 5.91 Å². The number of rotatable bonds is 6. The highest BCUT2D eigenvalue weighted by molar-refractivity contribution is 6.34. The fourth-order valence-corrected chi connectivity index (χ4v) is 6.06. The van der Waals surface area contributed by atoms with E-state index in [1.54, 1.807) is 18.2 Å². The molecule has 6 N–H and O–H groups in total. The van der Waals surface area contributed by atoms with Crippen LogP contribution in [0, 0.1) is 17.8 Å². The number of aromatic nitrogens is 3. The number of H-pyrrole nitrogens is 1. The lowest BCUT2D eigenvalue weighted by Crippen LogP contribution is -2.55. The number of carboxylic acids is 1. The molecule has 196 valence electrons. The van der Waals surface area contributed by atoms with Crippen LogP contribution in [0.1, 0.15) is 16.8 Å². The summed E-state index contributed by atoms with van der Waals surface area (Å²) in [5, 5.41) is 16.1. The molecule has 5 atom stereocenters. The number of nitrogens with two attached hydrogens (primary N) is 1. The standard InChI is InChI=1S/C26H26ClN7O4/c27-16-10-30-24-21(20(16)31-19-13-5-4-12(8-13)18(19)22(28)35)32-23(33-24)14-2-1-3-15(9-14)25(36)34-7-6-29-17(11-34)26(37)38/h1-5,9-10,12-13,17-19,29H,6-8,11H2,(H2,28,35)(H,37,38)(H2,30,31,32,33)/t12-,13+,17?,18+,19-/m1/s1. The summed E-state index contributed by atoms with van der Waals surface area (Å²) in [6.07, 6.45) is 6.56. The molecule has 12 heteroatoms. The molecule has 0 radical (unpaired) electrons. The molecule has 1 aromatic carbocycles. The number of amides is 2. The Morgan fingerprint density at radius 1 is 1.21 bits per heavy atom. The molecule has 1 unspecified atom stereocenters. The molecule has 1 saturated carbocycles. The Morgan fingerprint density at radius 2 is 2.03 bits per heavy atom. The van der Waals surface area contributed by atoms with E-state index in [4.69, 9.17) is 17.3 Å². The number of nitrogens with zero attached hydrogens (tertiary/aromatic N) is 3. The van der Waals surface area contributed by atoms with E-state index in [9.17, 15) is 19.5 Å². The molecule has 0 spiro atoms. The van der Waals surface area contributed by atoms with Gasteiger partial charge < -0.3 is 31.4 Å². The summed E-state index contributed by atoms with van der Waals surface area (Å²) in [5.74, 6) is -1.13. The minimum atomic E-state index is -0.988. The number of hydrogen-bond donors (Lipinski definition) is 5. The number of fused-ring (bicyclic) bond motifs is 3. The van der Waals surface area contributed by atoms with Crippen LogP contribution < -0.4 is 16.4 Å². The lowest BCUT2D eigenvalue weighted by atomic mass is 9.88. The minimum Gasteiger partial charge on any atom is -0.480 e. The molecule has 2 aliphatic carbocycles. The highest BCUT2D eigenvalue weighted by Gasteiger charge is 2.47. The maximum Gasteiger partial charge on any atom is 0.322 e. The zero-order valence-corrected chi connectivity index (χ0v) is 21.0. The first-order chi connectivity index (χ1) is 18.3. The number of piperazine rings is 1. The van der Waals surface area contributed by atoms with E-state index in [1.165, 1.54) is 11.1 Å². The largest absolute Gasteiger partial charge is 0.480 e. The van der Waals surface area contributed by atoms with Crippen LogP contribution in [0.2, 0.25) is 5.02 Å². The third kappa shape index (κ3) is 4.17. The number of carbonyl (C=O) groups excluding carboxylic acids is 2. The predicted molar refractivity (Wildman–Crippen MR) is 140 cm³/mol. The summed E-state index contributed by atoms with van der Waals surface area (Å²) in [6, 6.07) is 6.01. The average molecular weight is 536 g/mol. The highest BCUT2D eigenvalue weighted by Crippen LogP contribution is 2.46. The molecule has 3 aromatic rings. The van der Waals surface area contributed by atoms with Crippen molar-refractivity contribution in [2.24, 2.45) is 23.5 Å². The number of carboxylic acid groups (broad SMARTS) is 1. The second kappa shape index (κ2) is 9.41. The van der Waals surface area contributed by atoms with Crippen molar-refractivity contribution in [1.82, 2.24) is 25.2 Å². The predicted octanol–water partition coefficient (Wildman–Crippen LogP) is 1.86. The summed E-state index contributed by atoms with van der Waals surface area (Å²) >= 11 is 6.55. The Balaban J connectivity index is 1.30. The molecular weight excluding hydrogens is 510 g/mol. The van der Waals surface area contributed by atoms with Crippen molar-refractivity contribution in [3.8, 4) is 11.4 Å². The molecule has 38 heavy (non-hydrogen) atoms. The fourth-order valence-electron chi connectivity index (χ4n) is 5.87. The van der Waals surface area contributed by atoms with Gasteiger partial charge in [-0.25, -0.2) is 9.97 Å². The van der Waals surface area contributed by atoms with Gasteiger partial charge in [0, 0.05) is 36.8 Å². The van der Waals surface area contributed by atoms with Crippen LogP contribution in [0.25, 0.3) is 22.6 Å². The maximum atomic E-state index is 13.2. The van der Waals surface area contributed by atoms with Crippen LogP contribution in [0.15, 0.2) is 42.6 Å². The van der Waals surface area contributed by atoms with Crippen molar-refractivity contribution in [3.05, 3.63) is 53.2 Å². The van der Waals surface area contributed by atoms with Gasteiger partial charge in [-0.2, -0.15) is 0 Å². The molecule has 3 aliphatic rings. The van der Waals surface area contributed by atoms with Gasteiger partial charge in [-0.15, -0.1) is 0 Å². The molecule has 11 nitrogen and oxygen atoms in total. The number of nitrogens with one attached hydrogen (secondary N) is 3. The first-order valence-corrected chi connectivity index (χ1v) is 12.8. The Kier molecular flexibility index (Phi) is 6.04. The van der Waals surface area contributed by atoms with Crippen LogP contribution in [0.5, 0.6) is 0 Å². The van der Waals surface area contributed by atoms with Gasteiger partial charge in [-0.3, -0.25) is 14.4 Å². The molecular formula is C26H26ClN7O4. The minimum absolute atomic E-state index is 0.0883. The molecule has 2 aromatic heterocycles. The van der Waals surface area contributed by atoms with Crippen molar-refractivity contribution < 1.29 is 19.5 Å². The third-order valence-electron chi connectivity index (χ3n) is 7.72. The van der Waals surface area contributed by atoms with Crippen LogP contribution in [-0.4, -0.2) is 74.5 Å². The zero-order valence-electron chi connectivity index (χ0n) is 20.2. The van der Waals surface area contributed by atoms with E-state index >= 15 is 0 Å². The number of halogens is 1. The number of carbonyl (C=O) groups is 3. The Labute approximate surface area is 222 Å². The van der Waals surface area contributed by atoms with Crippen molar-refractivity contribution in [1.29, 1.82) is 0 Å². The van der Waals surface area contributed by atoms with Gasteiger partial charge in [0.15, 0.2) is 5.65 Å². The van der Waals surface area contributed by atoms with Gasteiger partial charge >= 0.3 is 5.97 Å². The van der Waals surface area contributed by atoms with Gasteiger partial charge in [0.05, 0.1) is 22.8 Å². The summed E-state index contributed by atoms with van der Waals surface area (Å²) < 4.78 is 0. The third-order valence-corrected chi connectivity index (χ3v) is 8.00. The fraction of sp³-hybridized carbons (Fsp3) is 0.346. The van der Waals surface area contributed by atoms with Gasteiger partial charge in [0.2, 0.25) is 5.91 Å². The number of aliphatic carboxylic acids is 1. The monoisotopic (exact) mass is 535 g/mol. The molecule has 1 aliphatic heterocycles. The SMILES string of the molecule is NC(=O)[C@@H]1[C@H](Nc2c(Cl)cnc3nc(-c4cccc(C(=O)N5CCNC(C(=O)O)C5)c4)[nH]c23)[C@H]2C=C[C@@H]1C2. The lowest BCUT2D eigenvalue weighted by molar-refractivity contribution is -0.140. The Bertz CT molecular complexity index is 1490. The van der Waals surface area contributed by atoms with E-state index in [0.29, 0.717) is 51.9 Å². The second-order valence-electron chi connectivity index (χ2n) is 9.99. The molecule has 2 bridgehead atoms. The number of aromatic amines is 1. The molecule has 3 heterocycles. The van der Waals surface area contributed by atoms with E-state index < -0.39 is 12.0 Å². The summed E-state index contributed by atoms with van der Waals surface area (Å²) in [6.45, 7) is 0.910. The Hall–Kier alpha value is -3.96. The number of hydrogen-bond acceptors (Lipinski definition) is 7.